The van der Waals surface area contributed by atoms with Gasteiger partial charge in [-0.05, 0) is 49.6 Å². The molecule has 1 atom stereocenters. The van der Waals surface area contributed by atoms with Crippen molar-refractivity contribution >= 4 is 35.0 Å². The van der Waals surface area contributed by atoms with E-state index in [-0.39, 0.29) is 23.6 Å². The Balaban J connectivity index is 1.50. The van der Waals surface area contributed by atoms with Crippen LogP contribution in [0.2, 0.25) is 0 Å². The smallest absolute Gasteiger partial charge is 0.237 e. The van der Waals surface area contributed by atoms with Crippen molar-refractivity contribution in [1.29, 1.82) is 0 Å². The minimum Gasteiger partial charge on any atom is -0.325 e. The van der Waals surface area contributed by atoms with Crippen LogP contribution in [-0.2, 0) is 16.0 Å². The topological polar surface area (TPSA) is 49.4 Å². The molecule has 5 heteroatoms. The van der Waals surface area contributed by atoms with E-state index in [4.69, 9.17) is 0 Å². The maximum atomic E-state index is 12.6. The van der Waals surface area contributed by atoms with Gasteiger partial charge in [0.2, 0.25) is 11.8 Å². The van der Waals surface area contributed by atoms with Gasteiger partial charge in [0.15, 0.2) is 0 Å². The number of amides is 2. The molecule has 3 rings (SSSR count). The van der Waals surface area contributed by atoms with E-state index in [0.29, 0.717) is 5.75 Å². The Hall–Kier alpha value is -2.27. The second kappa shape index (κ2) is 7.74. The molecule has 0 saturated heterocycles. The van der Waals surface area contributed by atoms with Gasteiger partial charge in [-0.3, -0.25) is 9.59 Å². The predicted molar refractivity (Wildman–Crippen MR) is 104 cm³/mol. The van der Waals surface area contributed by atoms with Gasteiger partial charge in [0.1, 0.15) is 0 Å². The minimum absolute atomic E-state index is 0.0609. The number of rotatable bonds is 5. The molecule has 1 heterocycles. The fourth-order valence-corrected chi connectivity index (χ4v) is 3.84. The first-order chi connectivity index (χ1) is 12.0. The van der Waals surface area contributed by atoms with Gasteiger partial charge < -0.3 is 10.2 Å². The second-order valence-electron chi connectivity index (χ2n) is 6.36. The Kier molecular flexibility index (Phi) is 5.43. The van der Waals surface area contributed by atoms with Crippen LogP contribution in [0.4, 0.5) is 11.4 Å². The Morgan fingerprint density at radius 3 is 2.76 bits per heavy atom. The van der Waals surface area contributed by atoms with Crippen LogP contribution in [0.3, 0.4) is 0 Å². The van der Waals surface area contributed by atoms with Crippen molar-refractivity contribution in [2.75, 3.05) is 21.7 Å². The number of anilines is 2. The highest BCUT2D eigenvalue weighted by Crippen LogP contribution is 2.32. The van der Waals surface area contributed by atoms with Crippen LogP contribution in [-0.4, -0.2) is 29.4 Å². The number of nitrogens with one attached hydrogen (secondary N) is 1. The molecule has 0 aliphatic carbocycles. The number of thioether (sulfide) groups is 1. The van der Waals surface area contributed by atoms with Gasteiger partial charge in [0.05, 0.1) is 11.5 Å². The highest BCUT2D eigenvalue weighted by atomic mass is 32.2. The summed E-state index contributed by atoms with van der Waals surface area (Å²) in [5, 5.41) is 2.87. The second-order valence-corrected chi connectivity index (χ2v) is 7.34. The van der Waals surface area contributed by atoms with Gasteiger partial charge in [0, 0.05) is 17.4 Å². The molecule has 2 aromatic rings. The van der Waals surface area contributed by atoms with Crippen molar-refractivity contribution in [1.82, 2.24) is 0 Å². The number of carbonyl (C=O) groups excluding carboxylic acids is 2. The quantitative estimate of drug-likeness (QED) is 0.892. The maximum absolute atomic E-state index is 12.6. The normalized spacial score (nSPS) is 15.8. The van der Waals surface area contributed by atoms with Crippen molar-refractivity contribution in [3.05, 3.63) is 59.7 Å². The summed E-state index contributed by atoms with van der Waals surface area (Å²) in [4.78, 5) is 26.5. The molecule has 1 unspecified atom stereocenters. The van der Waals surface area contributed by atoms with Crippen molar-refractivity contribution in [3.8, 4) is 0 Å². The summed E-state index contributed by atoms with van der Waals surface area (Å²) >= 11 is 1.35. The summed E-state index contributed by atoms with van der Waals surface area (Å²) in [6, 6.07) is 15.9. The lowest BCUT2D eigenvalue weighted by atomic mass is 10.1. The summed E-state index contributed by atoms with van der Waals surface area (Å²) < 4.78 is 0. The zero-order chi connectivity index (χ0) is 17.8. The van der Waals surface area contributed by atoms with Crippen LogP contribution in [0.1, 0.15) is 18.1 Å². The molecule has 0 fully saturated rings. The molecule has 130 valence electrons. The average molecular weight is 354 g/mol. The van der Waals surface area contributed by atoms with Crippen molar-refractivity contribution in [2.24, 2.45) is 0 Å². The molecule has 0 spiro atoms. The molecule has 0 radical (unpaired) electrons. The first-order valence-corrected chi connectivity index (χ1v) is 9.54. The van der Waals surface area contributed by atoms with Crippen LogP contribution in [0, 0.1) is 6.92 Å². The number of hydrogen-bond acceptors (Lipinski definition) is 3. The average Bonchev–Trinajstić information content (AvgIpc) is 2.90. The van der Waals surface area contributed by atoms with E-state index < -0.39 is 0 Å². The number of benzene rings is 2. The van der Waals surface area contributed by atoms with Gasteiger partial charge in [-0.1, -0.05) is 30.3 Å². The third-order valence-electron chi connectivity index (χ3n) is 4.24. The lowest BCUT2D eigenvalue weighted by Crippen LogP contribution is -2.37. The first kappa shape index (κ1) is 17.5. The molecular weight excluding hydrogens is 332 g/mol. The molecule has 4 nitrogen and oxygen atoms in total. The van der Waals surface area contributed by atoms with Gasteiger partial charge in [-0.25, -0.2) is 0 Å². The minimum atomic E-state index is -0.0849. The fraction of sp³-hybridized carbons (Fsp3) is 0.300. The van der Waals surface area contributed by atoms with E-state index in [1.54, 1.807) is 0 Å². The number of para-hydroxylation sites is 1. The largest absolute Gasteiger partial charge is 0.325 e. The molecule has 25 heavy (non-hydrogen) atoms. The monoisotopic (exact) mass is 354 g/mol. The van der Waals surface area contributed by atoms with Gasteiger partial charge in [-0.2, -0.15) is 0 Å². The Morgan fingerprint density at radius 2 is 1.96 bits per heavy atom. The van der Waals surface area contributed by atoms with Crippen LogP contribution in [0.15, 0.2) is 48.5 Å². The first-order valence-electron chi connectivity index (χ1n) is 8.39. The molecule has 0 aromatic heterocycles. The Bertz CT molecular complexity index is 791. The van der Waals surface area contributed by atoms with E-state index in [1.807, 2.05) is 54.3 Å². The summed E-state index contributed by atoms with van der Waals surface area (Å²) in [6.45, 7) is 4.05. The van der Waals surface area contributed by atoms with E-state index in [1.165, 1.54) is 17.3 Å². The zero-order valence-electron chi connectivity index (χ0n) is 14.5. The number of aryl methyl sites for hydroxylation is 1. The number of hydrogen-bond donors (Lipinski definition) is 1. The fourth-order valence-electron chi connectivity index (χ4n) is 3.17. The Labute approximate surface area is 152 Å². The molecule has 1 aliphatic heterocycles. The SMILES string of the molecule is Cc1cccc(NC(=O)CSCC(=O)N2c3ccccc3CC2C)c1. The molecule has 1 N–H and O–H groups in total. The molecule has 0 bridgehead atoms. The zero-order valence-corrected chi connectivity index (χ0v) is 15.3. The Morgan fingerprint density at radius 1 is 1.16 bits per heavy atom. The third-order valence-corrected chi connectivity index (χ3v) is 5.15. The molecule has 1 aliphatic rings. The van der Waals surface area contributed by atoms with Crippen molar-refractivity contribution < 1.29 is 9.59 Å². The van der Waals surface area contributed by atoms with Crippen molar-refractivity contribution in [2.45, 2.75) is 26.3 Å². The molecule has 0 saturated carbocycles. The molecular formula is C20H22N2O2S. The van der Waals surface area contributed by atoms with Crippen LogP contribution in [0.25, 0.3) is 0 Å². The summed E-state index contributed by atoms with van der Waals surface area (Å²) in [5.74, 6) is 0.549. The lowest BCUT2D eigenvalue weighted by molar-refractivity contribution is -0.116. The highest BCUT2D eigenvalue weighted by Gasteiger charge is 2.30. The number of fused-ring (bicyclic) bond motifs is 1. The van der Waals surface area contributed by atoms with E-state index in [2.05, 4.69) is 18.3 Å². The van der Waals surface area contributed by atoms with E-state index in [9.17, 15) is 9.59 Å². The summed E-state index contributed by atoms with van der Waals surface area (Å²) in [7, 11) is 0. The van der Waals surface area contributed by atoms with Gasteiger partial charge in [0.25, 0.3) is 0 Å². The standard InChI is InChI=1S/C20H22N2O2S/c1-14-6-5-8-17(10-14)21-19(23)12-25-13-20(24)22-15(2)11-16-7-3-4-9-18(16)22/h3-10,15H,11-13H2,1-2H3,(H,21,23). The predicted octanol–water partition coefficient (Wildman–Crippen LogP) is 3.64. The lowest BCUT2D eigenvalue weighted by Gasteiger charge is -2.22. The van der Waals surface area contributed by atoms with Crippen LogP contribution >= 0.6 is 11.8 Å². The summed E-state index contributed by atoms with van der Waals surface area (Å²) in [5.41, 5.74) is 4.11. The highest BCUT2D eigenvalue weighted by molar-refractivity contribution is 8.00. The molecule has 2 amide bonds. The van der Waals surface area contributed by atoms with Crippen LogP contribution in [0.5, 0.6) is 0 Å². The van der Waals surface area contributed by atoms with Crippen LogP contribution < -0.4 is 10.2 Å². The van der Waals surface area contributed by atoms with Crippen molar-refractivity contribution in [3.63, 3.8) is 0 Å². The van der Waals surface area contributed by atoms with E-state index in [0.717, 1.165) is 23.4 Å². The number of carbonyl (C=O) groups is 2. The number of nitrogens with zero attached hydrogens (tertiary/aromatic N) is 1. The molecule has 2 aromatic carbocycles. The maximum Gasteiger partial charge on any atom is 0.237 e. The summed E-state index contributed by atoms with van der Waals surface area (Å²) in [6.07, 6.45) is 0.889. The van der Waals surface area contributed by atoms with Gasteiger partial charge >= 0.3 is 0 Å². The third kappa shape index (κ3) is 4.23. The van der Waals surface area contributed by atoms with E-state index >= 15 is 0 Å². The van der Waals surface area contributed by atoms with Gasteiger partial charge in [-0.15, -0.1) is 11.8 Å².